The molecule has 7 heterocycles. The van der Waals surface area contributed by atoms with Crippen molar-refractivity contribution in [2.24, 2.45) is 0 Å². The molecule has 0 aliphatic rings. The minimum atomic E-state index is 0.450. The van der Waals surface area contributed by atoms with Crippen molar-refractivity contribution in [1.29, 1.82) is 5.26 Å². The molecule has 0 aliphatic carbocycles. The second kappa shape index (κ2) is 21.9. The summed E-state index contributed by atoms with van der Waals surface area (Å²) < 4.78 is 12.0. The number of hydrogen-bond acceptors (Lipinski definition) is 8. The molecule has 21 aromatic rings. The van der Waals surface area contributed by atoms with Gasteiger partial charge < -0.3 is 13.6 Å². The van der Waals surface area contributed by atoms with E-state index < -0.39 is 0 Å². The quantitative estimate of drug-likeness (QED) is 0.163. The molecule has 0 aliphatic heterocycles. The van der Waals surface area contributed by atoms with Crippen molar-refractivity contribution in [2.45, 2.75) is 0 Å². The maximum Gasteiger partial charge on any atom is 0.246 e. The van der Waals surface area contributed by atoms with Gasteiger partial charge in [-0.2, -0.15) is 5.26 Å². The molecule has 0 saturated carbocycles. The van der Waals surface area contributed by atoms with Gasteiger partial charge in [0.05, 0.1) is 55.9 Å². The van der Waals surface area contributed by atoms with Crippen LogP contribution in [-0.4, -0.2) is 34.1 Å². The summed E-state index contributed by atoms with van der Waals surface area (Å²) in [5.41, 5.74) is 17.6. The molecule has 10 heteroatoms. The summed E-state index contributed by atoms with van der Waals surface area (Å²) in [6.45, 7) is 0. The minimum Gasteiger partial charge on any atom is -0.436 e. The van der Waals surface area contributed by atoms with Crippen molar-refractivity contribution in [1.82, 2.24) is 34.1 Å². The fourth-order valence-corrected chi connectivity index (χ4v) is 15.8. The zero-order chi connectivity index (χ0) is 64.5. The smallest absolute Gasteiger partial charge is 0.246 e. The topological polar surface area (TPSA) is 111 Å². The van der Waals surface area contributed by atoms with E-state index in [4.69, 9.17) is 24.4 Å². The number of pyridine rings is 1. The highest BCUT2D eigenvalue weighted by atomic mass is 32.1. The molecule has 0 amide bonds. The van der Waals surface area contributed by atoms with E-state index in [0.717, 1.165) is 121 Å². The molecule has 98 heavy (non-hydrogen) atoms. The molecule has 0 bridgehead atoms. The average Bonchev–Trinajstić information content (AvgIpc) is 1.55. The minimum absolute atomic E-state index is 0.450. The average molecular weight is 1270 g/mol. The molecule has 0 atom stereocenters. The van der Waals surface area contributed by atoms with E-state index in [0.29, 0.717) is 28.2 Å². The van der Waals surface area contributed by atoms with Crippen molar-refractivity contribution >= 4 is 152 Å². The first-order valence-corrected chi connectivity index (χ1v) is 33.5. The van der Waals surface area contributed by atoms with Gasteiger partial charge in [-0.15, -0.1) is 11.3 Å². The summed E-state index contributed by atoms with van der Waals surface area (Å²) in [6.07, 6.45) is 1.79. The van der Waals surface area contributed by atoms with Gasteiger partial charge >= 0.3 is 0 Å². The SMILES string of the molecule is N#Cc1cc(-c2nc3oc4ccccc4c3nc2-c2ccc3cccnc3c2)ccc1-n1c2ccccc2c2cc3ccccc3cc21.c1ccc2cc(-c3nc4c(nc3-c3cccc5cc(-n6c7ccccc7c7cc8ccccc8cc76)ccc35)sc3ccccc34)ccc2c1. The summed E-state index contributed by atoms with van der Waals surface area (Å²) in [5.74, 6) is 0. The summed E-state index contributed by atoms with van der Waals surface area (Å²) in [4.78, 5) is 26.7. The Morgan fingerprint density at radius 1 is 0.347 bits per heavy atom. The fraction of sp³-hybridized carbons (Fsp3) is 0. The highest BCUT2D eigenvalue weighted by Gasteiger charge is 2.24. The number of nitriles is 1. The van der Waals surface area contributed by atoms with Gasteiger partial charge in [-0.05, 0) is 140 Å². The molecule has 454 valence electrons. The van der Waals surface area contributed by atoms with Gasteiger partial charge in [0.1, 0.15) is 33.2 Å². The van der Waals surface area contributed by atoms with Crippen LogP contribution in [0.5, 0.6) is 0 Å². The second-order valence-electron chi connectivity index (χ2n) is 25.0. The first kappa shape index (κ1) is 55.3. The van der Waals surface area contributed by atoms with Crippen LogP contribution in [0, 0.1) is 11.3 Å². The van der Waals surface area contributed by atoms with Crippen molar-refractivity contribution in [3.8, 4) is 62.5 Å². The molecule has 0 fully saturated rings. The molecular formula is C88H50N8OS. The molecule has 0 spiro atoms. The Morgan fingerprint density at radius 3 is 1.66 bits per heavy atom. The van der Waals surface area contributed by atoms with Crippen LogP contribution in [0.4, 0.5) is 0 Å². The molecule has 14 aromatic carbocycles. The molecule has 0 radical (unpaired) electrons. The normalized spacial score (nSPS) is 11.9. The third-order valence-electron chi connectivity index (χ3n) is 19.4. The van der Waals surface area contributed by atoms with E-state index in [1.54, 1.807) is 17.5 Å². The van der Waals surface area contributed by atoms with Crippen LogP contribution in [0.15, 0.2) is 308 Å². The van der Waals surface area contributed by atoms with Gasteiger partial charge in [-0.25, -0.2) is 19.9 Å². The number of benzene rings is 14. The van der Waals surface area contributed by atoms with Crippen LogP contribution in [0.1, 0.15) is 5.56 Å². The maximum atomic E-state index is 10.7. The van der Waals surface area contributed by atoms with Crippen LogP contribution in [0.2, 0.25) is 0 Å². The molecule has 9 nitrogen and oxygen atoms in total. The van der Waals surface area contributed by atoms with Gasteiger partial charge in [0.15, 0.2) is 0 Å². The summed E-state index contributed by atoms with van der Waals surface area (Å²) in [6, 6.07) is 107. The first-order chi connectivity index (χ1) is 48.5. The Balaban J connectivity index is 0.000000133. The predicted molar refractivity (Wildman–Crippen MR) is 405 cm³/mol. The van der Waals surface area contributed by atoms with Crippen LogP contribution in [-0.2, 0) is 0 Å². The lowest BCUT2D eigenvalue weighted by molar-refractivity contribution is 0.653. The van der Waals surface area contributed by atoms with Crippen molar-refractivity contribution < 1.29 is 4.42 Å². The Labute approximate surface area is 563 Å². The molecule has 7 aromatic heterocycles. The second-order valence-corrected chi connectivity index (χ2v) is 26.0. The number of para-hydroxylation sites is 3. The standard InChI is InChI=1S/C46H27N3S.C42H23N5O/c1-2-11-29-24-33(21-20-28(29)10-1)43-44(48-46-45(47-43)38-16-6-8-19-42(38)50-46)37-17-9-14-32-25-34(22-23-35(32)37)49-40-18-7-5-15-36(40)39-26-30-12-3-4-13-31(30)27-41(39)49;43-24-30-20-28(17-18-35(30)47-36-13-5-3-11-31(36)33-21-26-8-1-2-9-27(26)23-37(33)47)40-39(29-16-15-25-10-7-19-44-34(25)22-29)45-41-32-12-4-6-14-38(32)48-42(41)46-40/h1-27H;1-23H. The van der Waals surface area contributed by atoms with Crippen LogP contribution < -0.4 is 0 Å². The van der Waals surface area contributed by atoms with E-state index in [2.05, 4.69) is 245 Å². The van der Waals surface area contributed by atoms with E-state index in [-0.39, 0.29) is 0 Å². The van der Waals surface area contributed by atoms with Crippen LogP contribution in [0.3, 0.4) is 0 Å². The van der Waals surface area contributed by atoms with Gasteiger partial charge in [-0.1, -0.05) is 200 Å². The Bertz CT molecular complexity index is 6990. The third kappa shape index (κ3) is 8.81. The van der Waals surface area contributed by atoms with Gasteiger partial charge in [0.2, 0.25) is 5.71 Å². The van der Waals surface area contributed by atoms with Gasteiger partial charge in [0.25, 0.3) is 0 Å². The Morgan fingerprint density at radius 2 is 0.908 bits per heavy atom. The third-order valence-corrected chi connectivity index (χ3v) is 20.5. The molecule has 0 unspecified atom stereocenters. The molecule has 21 rings (SSSR count). The van der Waals surface area contributed by atoms with Crippen molar-refractivity contribution in [2.75, 3.05) is 0 Å². The van der Waals surface area contributed by atoms with E-state index in [1.807, 2.05) is 72.8 Å². The number of rotatable bonds is 6. The highest BCUT2D eigenvalue weighted by Crippen LogP contribution is 2.44. The van der Waals surface area contributed by atoms with Crippen molar-refractivity contribution in [3.63, 3.8) is 0 Å². The van der Waals surface area contributed by atoms with Crippen LogP contribution >= 0.6 is 11.3 Å². The number of fused-ring (bicyclic) bond motifs is 17. The lowest BCUT2D eigenvalue weighted by Gasteiger charge is -2.14. The number of aromatic nitrogens is 7. The van der Waals surface area contributed by atoms with Crippen molar-refractivity contribution in [3.05, 3.63) is 309 Å². The van der Waals surface area contributed by atoms with E-state index >= 15 is 0 Å². The zero-order valence-electron chi connectivity index (χ0n) is 52.3. The van der Waals surface area contributed by atoms with Crippen LogP contribution in [0.25, 0.3) is 197 Å². The predicted octanol–water partition coefficient (Wildman–Crippen LogP) is 23.1. The highest BCUT2D eigenvalue weighted by molar-refractivity contribution is 7.25. The summed E-state index contributed by atoms with van der Waals surface area (Å²) in [7, 11) is 0. The largest absolute Gasteiger partial charge is 0.436 e. The molecule has 0 N–H and O–H groups in total. The van der Waals surface area contributed by atoms with Gasteiger partial charge in [-0.3, -0.25) is 4.98 Å². The Kier molecular flexibility index (Phi) is 12.4. The maximum absolute atomic E-state index is 10.7. The van der Waals surface area contributed by atoms with E-state index in [1.165, 1.54) is 53.4 Å². The summed E-state index contributed by atoms with van der Waals surface area (Å²) >= 11 is 1.71. The molecular weight excluding hydrogens is 1220 g/mol. The summed E-state index contributed by atoms with van der Waals surface area (Å²) in [5, 5.41) is 28.1. The Hall–Kier alpha value is -13.2. The number of furan rings is 1. The fourth-order valence-electron chi connectivity index (χ4n) is 14.8. The molecule has 0 saturated heterocycles. The number of nitrogens with zero attached hydrogens (tertiary/aromatic N) is 8. The number of hydrogen-bond donors (Lipinski definition) is 0. The van der Waals surface area contributed by atoms with Gasteiger partial charge in [0, 0.05) is 76.5 Å². The number of thiophene rings is 1. The van der Waals surface area contributed by atoms with E-state index in [9.17, 15) is 5.26 Å². The lowest BCUT2D eigenvalue weighted by Crippen LogP contribution is -2.00. The lowest BCUT2D eigenvalue weighted by atomic mass is 9.96. The monoisotopic (exact) mass is 1270 g/mol. The first-order valence-electron chi connectivity index (χ1n) is 32.7. The zero-order valence-corrected chi connectivity index (χ0v) is 53.1.